The fraction of sp³-hybridized carbons (Fsp3) is 0.167. The highest BCUT2D eigenvalue weighted by atomic mass is 35.5. The van der Waals surface area contributed by atoms with E-state index in [0.717, 1.165) is 0 Å². The molecule has 0 unspecified atom stereocenters. The molecule has 0 radical (unpaired) electrons. The molecule has 0 fully saturated rings. The molecule has 7 rings (SSSR count). The summed E-state index contributed by atoms with van der Waals surface area (Å²) in [5.41, 5.74) is 2.52. The maximum Gasteiger partial charge on any atom is 0.347 e. The first-order valence-electron chi connectivity index (χ1n) is 22.6. The number of ether oxygens (including phenoxy) is 6. The predicted octanol–water partition coefficient (Wildman–Crippen LogP) is 16.9. The zero-order valence-corrected chi connectivity index (χ0v) is 41.4. The molecular weight excluding hydrogens is 983 g/mol. The van der Waals surface area contributed by atoms with Crippen LogP contribution < -0.4 is 28.4 Å². The zero-order valence-electron chi connectivity index (χ0n) is 39.1. The fourth-order valence-corrected chi connectivity index (χ4v) is 6.69. The van der Waals surface area contributed by atoms with Crippen LogP contribution in [0.1, 0.15) is 71.1 Å². The Balaban J connectivity index is 1.24. The molecule has 0 aliphatic rings. The van der Waals surface area contributed by atoms with Crippen LogP contribution in [0.15, 0.2) is 176 Å². The summed E-state index contributed by atoms with van der Waals surface area (Å²) >= 11 is 18.1. The molecule has 366 valence electrons. The minimum Gasteiger partial charge on any atom is -0.493 e. The topological polar surface area (TPSA) is 181 Å². The highest BCUT2D eigenvalue weighted by molar-refractivity contribution is 6.31. The van der Waals surface area contributed by atoms with Crippen LogP contribution in [-0.4, -0.2) is 37.7 Å². The van der Waals surface area contributed by atoms with Crippen LogP contribution in [0.2, 0.25) is 15.1 Å². The van der Waals surface area contributed by atoms with Crippen molar-refractivity contribution in [2.75, 3.05) is 19.8 Å². The Morgan fingerprint density at radius 2 is 0.583 bits per heavy atom. The minimum absolute atomic E-state index is 0.00142. The van der Waals surface area contributed by atoms with Crippen LogP contribution in [0.3, 0.4) is 0 Å². The van der Waals surface area contributed by atoms with Crippen molar-refractivity contribution in [2.24, 2.45) is 30.7 Å². The number of azo groups is 3. The highest BCUT2D eigenvalue weighted by Crippen LogP contribution is 2.35. The van der Waals surface area contributed by atoms with Crippen molar-refractivity contribution < 1.29 is 42.8 Å². The average Bonchev–Trinajstić information content (AvgIpc) is 3.38. The van der Waals surface area contributed by atoms with E-state index in [1.165, 1.54) is 36.4 Å². The lowest BCUT2D eigenvalue weighted by Crippen LogP contribution is -2.14. The monoisotopic (exact) mass is 1030 g/mol. The van der Waals surface area contributed by atoms with E-state index in [4.69, 9.17) is 63.2 Å². The first kappa shape index (κ1) is 51.9. The third-order valence-electron chi connectivity index (χ3n) is 9.74. The molecule has 0 atom stereocenters. The van der Waals surface area contributed by atoms with Crippen molar-refractivity contribution >= 4 is 86.8 Å². The van der Waals surface area contributed by atoms with E-state index < -0.39 is 17.9 Å². The van der Waals surface area contributed by atoms with Gasteiger partial charge in [0, 0.05) is 33.3 Å². The van der Waals surface area contributed by atoms with Crippen LogP contribution in [0.25, 0.3) is 0 Å². The number of hydrogen-bond acceptors (Lipinski definition) is 15. The van der Waals surface area contributed by atoms with Crippen LogP contribution in [0.5, 0.6) is 34.5 Å². The second-order valence-electron chi connectivity index (χ2n) is 15.4. The standard InChI is InChI=1S/C54H45Cl3N6O9/c1-4-25-67-49-22-19-40(61-58-37-13-7-34(55)8-14-37)28-46(49)52(64)70-43-31-44(71-53(65)47-29-41(20-23-50(47)68-26-5-2)62-59-38-15-9-35(56)10-16-38)33-45(32-43)72-54(66)48-30-42(21-24-51(48)69-27-6-3)63-60-39-17-11-36(57)12-18-39/h7-24,28-33H,4-6,25-27H2,1-3H3. The van der Waals surface area contributed by atoms with Gasteiger partial charge >= 0.3 is 17.9 Å². The van der Waals surface area contributed by atoms with Gasteiger partial charge in [0.15, 0.2) is 0 Å². The minimum atomic E-state index is -0.881. The van der Waals surface area contributed by atoms with Crippen molar-refractivity contribution in [3.05, 3.63) is 177 Å². The summed E-state index contributed by atoms with van der Waals surface area (Å²) in [6.45, 7) is 6.63. The van der Waals surface area contributed by atoms with Gasteiger partial charge in [0.1, 0.15) is 51.2 Å². The lowest BCUT2D eigenvalue weighted by Gasteiger charge is -2.15. The summed E-state index contributed by atoms with van der Waals surface area (Å²) in [6, 6.07) is 38.1. The largest absolute Gasteiger partial charge is 0.493 e. The lowest BCUT2D eigenvalue weighted by atomic mass is 10.1. The van der Waals surface area contributed by atoms with Crippen molar-refractivity contribution in [1.29, 1.82) is 0 Å². The highest BCUT2D eigenvalue weighted by Gasteiger charge is 2.23. The number of halogens is 3. The Labute approximate surface area is 430 Å². The Bertz CT molecular complexity index is 2770. The molecule has 0 saturated heterocycles. The Morgan fingerprint density at radius 1 is 0.347 bits per heavy atom. The number of carbonyl (C=O) groups excluding carboxylic acids is 3. The number of rotatable bonds is 21. The third-order valence-corrected chi connectivity index (χ3v) is 10.5. The van der Waals surface area contributed by atoms with Gasteiger partial charge in [-0.15, -0.1) is 0 Å². The summed E-state index contributed by atoms with van der Waals surface area (Å²) in [5, 5.41) is 27.3. The Morgan fingerprint density at radius 3 is 0.833 bits per heavy atom. The average molecular weight is 1030 g/mol. The molecule has 0 amide bonds. The lowest BCUT2D eigenvalue weighted by molar-refractivity contribution is 0.0726. The fourth-order valence-electron chi connectivity index (χ4n) is 6.31. The molecule has 72 heavy (non-hydrogen) atoms. The molecular formula is C54H45Cl3N6O9. The summed E-state index contributed by atoms with van der Waals surface area (Å²) in [5.74, 6) is -2.54. The second-order valence-corrected chi connectivity index (χ2v) is 16.7. The van der Waals surface area contributed by atoms with Crippen LogP contribution in [0, 0.1) is 0 Å². The van der Waals surface area contributed by atoms with E-state index in [1.54, 1.807) is 109 Å². The van der Waals surface area contributed by atoms with E-state index in [1.807, 2.05) is 20.8 Å². The van der Waals surface area contributed by atoms with Crippen molar-refractivity contribution in [3.8, 4) is 34.5 Å². The van der Waals surface area contributed by atoms with Gasteiger partial charge in [-0.25, -0.2) is 14.4 Å². The predicted molar refractivity (Wildman–Crippen MR) is 275 cm³/mol. The van der Waals surface area contributed by atoms with Gasteiger partial charge in [0.2, 0.25) is 0 Å². The first-order valence-corrected chi connectivity index (χ1v) is 23.7. The maximum atomic E-state index is 14.2. The van der Waals surface area contributed by atoms with Gasteiger partial charge in [-0.1, -0.05) is 55.6 Å². The van der Waals surface area contributed by atoms with Gasteiger partial charge < -0.3 is 28.4 Å². The van der Waals surface area contributed by atoms with Gasteiger partial charge in [0.05, 0.1) is 53.9 Å². The van der Waals surface area contributed by atoms with E-state index in [2.05, 4.69) is 30.7 Å². The van der Waals surface area contributed by atoms with Gasteiger partial charge in [-0.05, 0) is 147 Å². The normalized spacial score (nSPS) is 11.2. The SMILES string of the molecule is CCCOc1ccc(N=Nc2ccc(Cl)cc2)cc1C(=O)Oc1cc(OC(=O)c2cc(N=Nc3ccc(Cl)cc3)ccc2OCCC)cc(OC(=O)c2cc(N=Nc3ccc(Cl)cc3)ccc2OCCC)c1. The third kappa shape index (κ3) is 15.0. The molecule has 15 nitrogen and oxygen atoms in total. The second kappa shape index (κ2) is 25.8. The van der Waals surface area contributed by atoms with Crippen LogP contribution in [0.4, 0.5) is 34.1 Å². The van der Waals surface area contributed by atoms with Crippen LogP contribution >= 0.6 is 34.8 Å². The van der Waals surface area contributed by atoms with Crippen LogP contribution in [-0.2, 0) is 0 Å². The molecule has 0 aromatic heterocycles. The molecule has 7 aromatic carbocycles. The number of benzene rings is 7. The van der Waals surface area contributed by atoms with E-state index >= 15 is 0 Å². The van der Waals surface area contributed by atoms with E-state index in [-0.39, 0.29) is 51.2 Å². The van der Waals surface area contributed by atoms with Crippen molar-refractivity contribution in [2.45, 2.75) is 40.0 Å². The molecule has 0 spiro atoms. The van der Waals surface area contributed by atoms with Crippen molar-refractivity contribution in [3.63, 3.8) is 0 Å². The number of carbonyl (C=O) groups is 3. The van der Waals surface area contributed by atoms with E-state index in [9.17, 15) is 14.4 Å². The quantitative estimate of drug-likeness (QED) is 0.0384. The Kier molecular flexibility index (Phi) is 18.5. The summed E-state index contributed by atoms with van der Waals surface area (Å²) in [4.78, 5) is 42.6. The summed E-state index contributed by atoms with van der Waals surface area (Å²) in [6.07, 6.45) is 1.94. The number of esters is 3. The molecule has 0 aliphatic carbocycles. The van der Waals surface area contributed by atoms with Crippen molar-refractivity contribution in [1.82, 2.24) is 0 Å². The Hall–Kier alpha value is -7.98. The molecule has 0 N–H and O–H groups in total. The smallest absolute Gasteiger partial charge is 0.347 e. The maximum absolute atomic E-state index is 14.2. The summed E-state index contributed by atoms with van der Waals surface area (Å²) in [7, 11) is 0. The molecule has 0 saturated carbocycles. The first-order chi connectivity index (χ1) is 35.0. The molecule has 0 heterocycles. The molecule has 0 aliphatic heterocycles. The number of nitrogens with zero attached hydrogens (tertiary/aromatic N) is 6. The van der Waals surface area contributed by atoms with Gasteiger partial charge in [-0.3, -0.25) is 0 Å². The van der Waals surface area contributed by atoms with Gasteiger partial charge in [0.25, 0.3) is 0 Å². The molecule has 7 aromatic rings. The zero-order chi connectivity index (χ0) is 50.8. The summed E-state index contributed by atoms with van der Waals surface area (Å²) < 4.78 is 35.6. The molecule has 0 bridgehead atoms. The van der Waals surface area contributed by atoms with Gasteiger partial charge in [-0.2, -0.15) is 30.7 Å². The molecule has 18 heteroatoms. The number of hydrogen-bond donors (Lipinski definition) is 0. The van der Waals surface area contributed by atoms with E-state index in [0.29, 0.717) is 88.3 Å².